The minimum atomic E-state index is -0.872. The Labute approximate surface area is 137 Å². The lowest BCUT2D eigenvalue weighted by Gasteiger charge is -2.15. The molecule has 0 fully saturated rings. The lowest BCUT2D eigenvalue weighted by molar-refractivity contribution is -0.156. The molecule has 6 nitrogen and oxygen atoms in total. The average Bonchev–Trinajstić information content (AvgIpc) is 2.46. The van der Waals surface area contributed by atoms with E-state index in [1.807, 2.05) is 32.9 Å². The van der Waals surface area contributed by atoms with Gasteiger partial charge in [0.15, 0.2) is 12.7 Å². The summed E-state index contributed by atoms with van der Waals surface area (Å²) in [4.78, 5) is 23.5. The number of ether oxygens (including phenoxy) is 3. The van der Waals surface area contributed by atoms with E-state index < -0.39 is 12.1 Å². The van der Waals surface area contributed by atoms with Crippen molar-refractivity contribution in [1.29, 1.82) is 0 Å². The summed E-state index contributed by atoms with van der Waals surface area (Å²) in [7, 11) is 1.54. The van der Waals surface area contributed by atoms with Gasteiger partial charge in [0, 0.05) is 13.7 Å². The summed E-state index contributed by atoms with van der Waals surface area (Å²) in [6.45, 7) is 7.90. The lowest BCUT2D eigenvalue weighted by Crippen LogP contribution is -2.38. The van der Waals surface area contributed by atoms with Crippen LogP contribution in [0.5, 0.6) is 5.75 Å². The zero-order chi connectivity index (χ0) is 17.4. The summed E-state index contributed by atoms with van der Waals surface area (Å²) in [5.41, 5.74) is 3.05. The number of hydrogen-bond donors (Lipinski definition) is 1. The van der Waals surface area contributed by atoms with Crippen LogP contribution in [0.25, 0.3) is 0 Å². The molecule has 1 atom stereocenters. The van der Waals surface area contributed by atoms with Gasteiger partial charge >= 0.3 is 5.97 Å². The van der Waals surface area contributed by atoms with E-state index in [1.54, 1.807) is 7.11 Å². The van der Waals surface area contributed by atoms with Crippen LogP contribution in [0, 0.1) is 20.8 Å². The summed E-state index contributed by atoms with van der Waals surface area (Å²) in [6, 6.07) is 3.97. The van der Waals surface area contributed by atoms with Crippen molar-refractivity contribution >= 4 is 11.9 Å². The highest BCUT2D eigenvalue weighted by Gasteiger charge is 2.18. The molecule has 0 aliphatic carbocycles. The second kappa shape index (κ2) is 9.15. The zero-order valence-electron chi connectivity index (χ0n) is 14.4. The number of nitrogens with one attached hydrogen (secondary N) is 1. The molecular weight excluding hydrogens is 298 g/mol. The Bertz CT molecular complexity index is 533. The van der Waals surface area contributed by atoms with E-state index in [0.29, 0.717) is 18.9 Å². The Morgan fingerprint density at radius 2 is 1.78 bits per heavy atom. The summed E-state index contributed by atoms with van der Waals surface area (Å²) >= 11 is 0. The molecule has 1 N–H and O–H groups in total. The standard InChI is InChI=1S/C17H25NO5/c1-11-8-12(2)16(13(3)9-11)22-10-15(19)23-14(4)17(20)18-6-7-21-5/h8-9,14H,6-7,10H2,1-5H3,(H,18,20)/t14-/m0/s1. The number of hydrogen-bond acceptors (Lipinski definition) is 5. The van der Waals surface area contributed by atoms with Crippen LogP contribution in [0.3, 0.4) is 0 Å². The highest BCUT2D eigenvalue weighted by atomic mass is 16.6. The van der Waals surface area contributed by atoms with Crippen LogP contribution in [0.1, 0.15) is 23.6 Å². The Morgan fingerprint density at radius 3 is 2.35 bits per heavy atom. The van der Waals surface area contributed by atoms with Crippen LogP contribution in [0.15, 0.2) is 12.1 Å². The first-order valence-electron chi connectivity index (χ1n) is 7.52. The fourth-order valence-electron chi connectivity index (χ4n) is 2.23. The third-order valence-electron chi connectivity index (χ3n) is 3.22. The molecule has 1 rings (SSSR count). The number of amides is 1. The van der Waals surface area contributed by atoms with Gasteiger partial charge in [0.05, 0.1) is 6.61 Å². The normalized spacial score (nSPS) is 11.7. The highest BCUT2D eigenvalue weighted by Crippen LogP contribution is 2.24. The molecule has 1 aromatic carbocycles. The molecule has 23 heavy (non-hydrogen) atoms. The molecule has 0 aliphatic rings. The van der Waals surface area contributed by atoms with Gasteiger partial charge in [-0.15, -0.1) is 0 Å². The second-order valence-electron chi connectivity index (χ2n) is 5.43. The topological polar surface area (TPSA) is 73.9 Å². The van der Waals surface area contributed by atoms with Gasteiger partial charge in [-0.3, -0.25) is 4.79 Å². The van der Waals surface area contributed by atoms with Crippen molar-refractivity contribution in [2.24, 2.45) is 0 Å². The maximum Gasteiger partial charge on any atom is 0.344 e. The number of esters is 1. The number of aryl methyl sites for hydroxylation is 3. The van der Waals surface area contributed by atoms with E-state index in [0.717, 1.165) is 16.7 Å². The van der Waals surface area contributed by atoms with E-state index in [2.05, 4.69) is 5.32 Å². The molecule has 0 aromatic heterocycles. The Kier molecular flexibility index (Phi) is 7.54. The molecule has 1 aromatic rings. The number of carbonyl (C=O) groups is 2. The van der Waals surface area contributed by atoms with Crippen molar-refractivity contribution in [3.63, 3.8) is 0 Å². The van der Waals surface area contributed by atoms with Crippen LogP contribution in [-0.2, 0) is 19.1 Å². The van der Waals surface area contributed by atoms with E-state index >= 15 is 0 Å². The third kappa shape index (κ3) is 6.28. The van der Waals surface area contributed by atoms with Gasteiger partial charge in [0.25, 0.3) is 5.91 Å². The molecule has 0 radical (unpaired) electrons. The second-order valence-corrected chi connectivity index (χ2v) is 5.43. The smallest absolute Gasteiger partial charge is 0.344 e. The number of rotatable bonds is 8. The largest absolute Gasteiger partial charge is 0.481 e. The van der Waals surface area contributed by atoms with Crippen molar-refractivity contribution in [3.8, 4) is 5.75 Å². The van der Waals surface area contributed by atoms with Gasteiger partial charge in [0.2, 0.25) is 0 Å². The monoisotopic (exact) mass is 323 g/mol. The molecule has 0 unspecified atom stereocenters. The van der Waals surface area contributed by atoms with Crippen LogP contribution in [0.4, 0.5) is 0 Å². The maximum absolute atomic E-state index is 11.8. The fourth-order valence-corrected chi connectivity index (χ4v) is 2.23. The third-order valence-corrected chi connectivity index (χ3v) is 3.22. The molecule has 0 saturated heterocycles. The van der Waals surface area contributed by atoms with E-state index in [4.69, 9.17) is 14.2 Å². The molecule has 0 heterocycles. The summed E-state index contributed by atoms with van der Waals surface area (Å²) in [5.74, 6) is -0.276. The van der Waals surface area contributed by atoms with Gasteiger partial charge < -0.3 is 19.5 Å². The van der Waals surface area contributed by atoms with Crippen LogP contribution in [-0.4, -0.2) is 44.8 Å². The van der Waals surface area contributed by atoms with Gasteiger partial charge in [-0.25, -0.2) is 4.79 Å². The Balaban J connectivity index is 2.47. The van der Waals surface area contributed by atoms with Gasteiger partial charge in [-0.2, -0.15) is 0 Å². The predicted molar refractivity (Wildman–Crippen MR) is 86.6 cm³/mol. The average molecular weight is 323 g/mol. The number of carbonyl (C=O) groups excluding carboxylic acids is 2. The molecule has 0 spiro atoms. The minimum absolute atomic E-state index is 0.236. The first-order valence-corrected chi connectivity index (χ1v) is 7.52. The molecule has 0 aliphatic heterocycles. The summed E-state index contributed by atoms with van der Waals surface area (Å²) < 4.78 is 15.4. The fraction of sp³-hybridized carbons (Fsp3) is 0.529. The van der Waals surface area contributed by atoms with Crippen molar-refractivity contribution in [1.82, 2.24) is 5.32 Å². The number of methoxy groups -OCH3 is 1. The first kappa shape index (κ1) is 19.0. The summed E-state index contributed by atoms with van der Waals surface area (Å²) in [5, 5.41) is 2.60. The van der Waals surface area contributed by atoms with Crippen LogP contribution < -0.4 is 10.1 Å². The number of benzene rings is 1. The zero-order valence-corrected chi connectivity index (χ0v) is 14.4. The minimum Gasteiger partial charge on any atom is -0.481 e. The molecule has 0 saturated carbocycles. The van der Waals surface area contributed by atoms with E-state index in [1.165, 1.54) is 6.92 Å². The molecule has 1 amide bonds. The lowest BCUT2D eigenvalue weighted by atomic mass is 10.1. The SMILES string of the molecule is COCCNC(=O)[C@H](C)OC(=O)COc1c(C)cc(C)cc1C. The summed E-state index contributed by atoms with van der Waals surface area (Å²) in [6.07, 6.45) is -0.872. The maximum atomic E-state index is 11.8. The molecule has 128 valence electrons. The van der Waals surface area contributed by atoms with Gasteiger partial charge in [-0.05, 0) is 38.8 Å². The van der Waals surface area contributed by atoms with Crippen molar-refractivity contribution < 1.29 is 23.8 Å². The Hall–Kier alpha value is -2.08. The van der Waals surface area contributed by atoms with Crippen molar-refractivity contribution in [3.05, 3.63) is 28.8 Å². The van der Waals surface area contributed by atoms with Gasteiger partial charge in [-0.1, -0.05) is 17.7 Å². The molecule has 6 heteroatoms. The quantitative estimate of drug-likeness (QED) is 0.582. The predicted octanol–water partition coefficient (Wildman–Crippen LogP) is 1.68. The van der Waals surface area contributed by atoms with Crippen LogP contribution >= 0.6 is 0 Å². The molecular formula is C17H25NO5. The van der Waals surface area contributed by atoms with Crippen molar-refractivity contribution in [2.75, 3.05) is 26.9 Å². The highest BCUT2D eigenvalue weighted by molar-refractivity contribution is 5.83. The Morgan fingerprint density at radius 1 is 1.17 bits per heavy atom. The van der Waals surface area contributed by atoms with Crippen molar-refractivity contribution in [2.45, 2.75) is 33.8 Å². The van der Waals surface area contributed by atoms with E-state index in [9.17, 15) is 9.59 Å². The molecule has 0 bridgehead atoms. The van der Waals surface area contributed by atoms with E-state index in [-0.39, 0.29) is 12.5 Å². The first-order chi connectivity index (χ1) is 10.8. The van der Waals surface area contributed by atoms with Gasteiger partial charge in [0.1, 0.15) is 5.75 Å². The van der Waals surface area contributed by atoms with Crippen LogP contribution in [0.2, 0.25) is 0 Å².